The zero-order valence-electron chi connectivity index (χ0n) is 17.4. The highest BCUT2D eigenvalue weighted by molar-refractivity contribution is 14.0. The Bertz CT molecular complexity index is 766. The first-order valence-electron chi connectivity index (χ1n) is 10.0. The van der Waals surface area contributed by atoms with Gasteiger partial charge in [0.25, 0.3) is 0 Å². The van der Waals surface area contributed by atoms with E-state index in [-0.39, 0.29) is 30.0 Å². The predicted molar refractivity (Wildman–Crippen MR) is 125 cm³/mol. The Morgan fingerprint density at radius 2 is 2.04 bits per heavy atom. The van der Waals surface area contributed by atoms with E-state index in [2.05, 4.69) is 63.8 Å². The van der Waals surface area contributed by atoms with Gasteiger partial charge < -0.3 is 10.6 Å². The van der Waals surface area contributed by atoms with Crippen LogP contribution in [0.25, 0.3) is 0 Å². The van der Waals surface area contributed by atoms with E-state index in [0.717, 1.165) is 56.4 Å². The molecule has 0 aliphatic carbocycles. The maximum Gasteiger partial charge on any atom is 0.191 e. The van der Waals surface area contributed by atoms with Crippen molar-refractivity contribution in [3.05, 3.63) is 47.0 Å². The van der Waals surface area contributed by atoms with Gasteiger partial charge in [-0.2, -0.15) is 5.10 Å². The fourth-order valence-corrected chi connectivity index (χ4v) is 3.53. The molecule has 2 N–H and O–H groups in total. The van der Waals surface area contributed by atoms with Gasteiger partial charge in [0.05, 0.1) is 6.04 Å². The van der Waals surface area contributed by atoms with Crippen LogP contribution in [-0.4, -0.2) is 34.3 Å². The van der Waals surface area contributed by atoms with Crippen molar-refractivity contribution in [2.45, 2.75) is 65.0 Å². The molecular weight excluding hydrogens is 463 g/mol. The molecule has 1 aromatic heterocycles. The summed E-state index contributed by atoms with van der Waals surface area (Å²) >= 11 is 0. The largest absolute Gasteiger partial charge is 0.356 e. The predicted octanol–water partition coefficient (Wildman–Crippen LogP) is 3.96. The lowest BCUT2D eigenvalue weighted by atomic mass is 10.0. The molecule has 1 atom stereocenters. The van der Waals surface area contributed by atoms with Gasteiger partial charge in [-0.05, 0) is 49.7 Å². The van der Waals surface area contributed by atoms with Crippen molar-refractivity contribution in [3.63, 3.8) is 0 Å². The van der Waals surface area contributed by atoms with Crippen molar-refractivity contribution in [2.24, 2.45) is 4.99 Å². The Balaban J connectivity index is 0.00000280. The molecule has 0 radical (unpaired) electrons. The summed E-state index contributed by atoms with van der Waals surface area (Å²) in [5, 5.41) is 11.4. The first kappa shape index (κ1) is 22.6. The molecule has 1 aliphatic rings. The van der Waals surface area contributed by atoms with Gasteiger partial charge in [-0.3, -0.25) is 4.99 Å². The molecule has 0 fully saturated rings. The summed E-state index contributed by atoms with van der Waals surface area (Å²) in [4.78, 5) is 8.96. The number of aryl methyl sites for hydroxylation is 3. The quantitative estimate of drug-likeness (QED) is 0.275. The van der Waals surface area contributed by atoms with Gasteiger partial charge in [-0.15, -0.1) is 24.0 Å². The van der Waals surface area contributed by atoms with Gasteiger partial charge in [-0.25, -0.2) is 9.67 Å². The smallest absolute Gasteiger partial charge is 0.191 e. The molecule has 1 unspecified atom stereocenters. The highest BCUT2D eigenvalue weighted by atomic mass is 127. The van der Waals surface area contributed by atoms with Crippen LogP contribution < -0.4 is 10.6 Å². The summed E-state index contributed by atoms with van der Waals surface area (Å²) in [5.41, 5.74) is 2.79. The Morgan fingerprint density at radius 1 is 1.29 bits per heavy atom. The SMILES string of the molecule is CN=C(NCCCc1ccc(C(C)C)cc1)NC1CCCn2nc(C)nc21.I. The van der Waals surface area contributed by atoms with E-state index in [1.807, 2.05) is 18.7 Å². The van der Waals surface area contributed by atoms with Crippen molar-refractivity contribution < 1.29 is 0 Å². The van der Waals surface area contributed by atoms with Crippen LogP contribution in [0.3, 0.4) is 0 Å². The van der Waals surface area contributed by atoms with Crippen molar-refractivity contribution in [2.75, 3.05) is 13.6 Å². The normalized spacial score (nSPS) is 16.5. The van der Waals surface area contributed by atoms with Crippen molar-refractivity contribution >= 4 is 29.9 Å². The highest BCUT2D eigenvalue weighted by Gasteiger charge is 2.24. The number of hydrogen-bond acceptors (Lipinski definition) is 3. The standard InChI is InChI=1S/C21H32N6.HI/c1-15(2)18-11-9-17(10-12-18)7-5-13-23-21(22-4)25-19-8-6-14-27-20(19)24-16(3)26-27;/h9-12,15,19H,5-8,13-14H2,1-4H3,(H2,22,23,25);1H. The minimum Gasteiger partial charge on any atom is -0.356 e. The zero-order valence-corrected chi connectivity index (χ0v) is 19.7. The lowest BCUT2D eigenvalue weighted by Gasteiger charge is -2.25. The molecule has 2 heterocycles. The van der Waals surface area contributed by atoms with Crippen molar-refractivity contribution in [1.29, 1.82) is 0 Å². The number of fused-ring (bicyclic) bond motifs is 1. The first-order valence-corrected chi connectivity index (χ1v) is 10.0. The molecule has 0 bridgehead atoms. The fourth-order valence-electron chi connectivity index (χ4n) is 3.53. The molecule has 1 aromatic carbocycles. The topological polar surface area (TPSA) is 67.1 Å². The average molecular weight is 496 g/mol. The summed E-state index contributed by atoms with van der Waals surface area (Å²) in [6.07, 6.45) is 4.30. The minimum atomic E-state index is 0. The Morgan fingerprint density at radius 3 is 2.71 bits per heavy atom. The number of nitrogens with zero attached hydrogens (tertiary/aromatic N) is 4. The van der Waals surface area contributed by atoms with Crippen LogP contribution in [0.4, 0.5) is 0 Å². The van der Waals surface area contributed by atoms with Gasteiger partial charge >= 0.3 is 0 Å². The molecule has 0 amide bonds. The number of aromatic nitrogens is 3. The van der Waals surface area contributed by atoms with E-state index in [0.29, 0.717) is 5.92 Å². The number of hydrogen-bond donors (Lipinski definition) is 2. The van der Waals surface area contributed by atoms with Crippen LogP contribution in [-0.2, 0) is 13.0 Å². The summed E-state index contributed by atoms with van der Waals surface area (Å²) in [6.45, 7) is 8.25. The Kier molecular flexibility index (Phi) is 8.72. The van der Waals surface area contributed by atoms with E-state index >= 15 is 0 Å². The highest BCUT2D eigenvalue weighted by Crippen LogP contribution is 2.22. The number of guanidine groups is 1. The van der Waals surface area contributed by atoms with Crippen molar-refractivity contribution in [1.82, 2.24) is 25.4 Å². The molecule has 7 heteroatoms. The summed E-state index contributed by atoms with van der Waals surface area (Å²) in [6, 6.07) is 9.17. The zero-order chi connectivity index (χ0) is 19.2. The monoisotopic (exact) mass is 496 g/mol. The third kappa shape index (κ3) is 5.93. The molecule has 6 nitrogen and oxygen atoms in total. The van der Waals surface area contributed by atoms with Gasteiger partial charge in [0.1, 0.15) is 11.6 Å². The maximum atomic E-state index is 4.58. The molecule has 3 rings (SSSR count). The lowest BCUT2D eigenvalue weighted by molar-refractivity contribution is 0.397. The second-order valence-electron chi connectivity index (χ2n) is 7.58. The minimum absolute atomic E-state index is 0. The number of aliphatic imine (C=N–C) groups is 1. The number of rotatable bonds is 6. The van der Waals surface area contributed by atoms with E-state index in [4.69, 9.17) is 0 Å². The van der Waals surface area contributed by atoms with Gasteiger partial charge in [-0.1, -0.05) is 38.1 Å². The molecule has 0 spiro atoms. The van der Waals surface area contributed by atoms with Gasteiger partial charge in [0.2, 0.25) is 0 Å². The van der Waals surface area contributed by atoms with E-state index in [1.165, 1.54) is 11.1 Å². The second kappa shape index (κ2) is 10.8. The first-order chi connectivity index (χ1) is 13.1. The third-order valence-corrected chi connectivity index (χ3v) is 5.10. The van der Waals surface area contributed by atoms with Gasteiger partial charge in [0.15, 0.2) is 5.96 Å². The molecule has 0 saturated heterocycles. The molecule has 1 aliphatic heterocycles. The lowest BCUT2D eigenvalue weighted by Crippen LogP contribution is -2.41. The van der Waals surface area contributed by atoms with Crippen LogP contribution in [0, 0.1) is 6.92 Å². The van der Waals surface area contributed by atoms with Crippen LogP contribution >= 0.6 is 24.0 Å². The Hall–Kier alpha value is -1.64. The summed E-state index contributed by atoms with van der Waals surface area (Å²) in [5.74, 6) is 3.28. The molecule has 28 heavy (non-hydrogen) atoms. The van der Waals surface area contributed by atoms with Crippen LogP contribution in [0.15, 0.2) is 29.3 Å². The number of halogens is 1. The van der Waals surface area contributed by atoms with Crippen LogP contribution in [0.5, 0.6) is 0 Å². The third-order valence-electron chi connectivity index (χ3n) is 5.10. The number of benzene rings is 1. The number of nitrogens with one attached hydrogen (secondary N) is 2. The van der Waals surface area contributed by atoms with Crippen LogP contribution in [0.1, 0.15) is 67.8 Å². The average Bonchev–Trinajstić information content (AvgIpc) is 3.05. The maximum absolute atomic E-state index is 4.58. The summed E-state index contributed by atoms with van der Waals surface area (Å²) < 4.78 is 2.02. The second-order valence-corrected chi connectivity index (χ2v) is 7.58. The molecule has 2 aromatic rings. The van der Waals surface area contributed by atoms with Gasteiger partial charge in [0, 0.05) is 20.1 Å². The Labute approximate surface area is 185 Å². The van der Waals surface area contributed by atoms with E-state index in [1.54, 1.807) is 0 Å². The fraction of sp³-hybridized carbons (Fsp3) is 0.571. The van der Waals surface area contributed by atoms with E-state index in [9.17, 15) is 0 Å². The van der Waals surface area contributed by atoms with E-state index < -0.39 is 0 Å². The van der Waals surface area contributed by atoms with Crippen molar-refractivity contribution in [3.8, 4) is 0 Å². The molecule has 0 saturated carbocycles. The molecular formula is C21H33IN6. The summed E-state index contributed by atoms with van der Waals surface area (Å²) in [7, 11) is 1.82. The van der Waals surface area contributed by atoms with Crippen LogP contribution in [0.2, 0.25) is 0 Å². The molecule has 154 valence electrons.